The summed E-state index contributed by atoms with van der Waals surface area (Å²) < 4.78 is 5.87. The molecule has 0 radical (unpaired) electrons. The normalized spacial score (nSPS) is 16.3. The number of ether oxygens (including phenoxy) is 1. The highest BCUT2D eigenvalue weighted by Gasteiger charge is 2.32. The Kier molecular flexibility index (Phi) is 4.42. The highest BCUT2D eigenvalue weighted by molar-refractivity contribution is 7.13. The number of hydrogen-bond acceptors (Lipinski definition) is 5. The van der Waals surface area contributed by atoms with Crippen molar-refractivity contribution in [1.82, 2.24) is 9.97 Å². The number of anilines is 1. The van der Waals surface area contributed by atoms with Gasteiger partial charge in [0.2, 0.25) is 0 Å². The van der Waals surface area contributed by atoms with Gasteiger partial charge in [0.15, 0.2) is 6.10 Å². The van der Waals surface area contributed by atoms with E-state index in [2.05, 4.69) is 4.98 Å². The Balaban J connectivity index is 1.71. The van der Waals surface area contributed by atoms with E-state index in [4.69, 9.17) is 9.72 Å². The van der Waals surface area contributed by atoms with Gasteiger partial charge in [0.1, 0.15) is 10.8 Å². The molecule has 3 heterocycles. The molecular formula is C20H19N3O2S. The Labute approximate surface area is 156 Å². The van der Waals surface area contributed by atoms with Crippen LogP contribution in [0.2, 0.25) is 0 Å². The van der Waals surface area contributed by atoms with Crippen molar-refractivity contribution in [2.45, 2.75) is 26.4 Å². The number of rotatable bonds is 4. The van der Waals surface area contributed by atoms with Gasteiger partial charge in [-0.15, -0.1) is 11.3 Å². The van der Waals surface area contributed by atoms with Crippen molar-refractivity contribution in [2.75, 3.05) is 11.4 Å². The van der Waals surface area contributed by atoms with Crippen molar-refractivity contribution in [3.63, 3.8) is 0 Å². The standard InChI is InChI=1S/C20H19N3O2S/c1-3-17-20(24)23(4-2)16-11-13(8-9-18(16)25-17)15-12-26-19(22-15)14-7-5-6-10-21-14/h5-12,17H,3-4H2,1-2H3. The van der Waals surface area contributed by atoms with E-state index in [0.717, 1.165) is 33.4 Å². The second-order valence-electron chi connectivity index (χ2n) is 6.03. The fraction of sp³-hybridized carbons (Fsp3) is 0.250. The monoisotopic (exact) mass is 365 g/mol. The first-order chi connectivity index (χ1) is 12.7. The summed E-state index contributed by atoms with van der Waals surface area (Å²) in [6.45, 7) is 4.56. The van der Waals surface area contributed by atoms with E-state index in [1.807, 2.05) is 55.6 Å². The summed E-state index contributed by atoms with van der Waals surface area (Å²) in [6, 6.07) is 11.7. The maximum Gasteiger partial charge on any atom is 0.268 e. The molecule has 5 nitrogen and oxygen atoms in total. The van der Waals surface area contributed by atoms with Crippen LogP contribution in [0.5, 0.6) is 5.75 Å². The molecule has 4 rings (SSSR count). The molecule has 1 aliphatic heterocycles. The quantitative estimate of drug-likeness (QED) is 0.688. The molecule has 0 aliphatic carbocycles. The van der Waals surface area contributed by atoms with Gasteiger partial charge >= 0.3 is 0 Å². The minimum absolute atomic E-state index is 0.0205. The Morgan fingerprint density at radius 3 is 2.81 bits per heavy atom. The van der Waals surface area contributed by atoms with Crippen LogP contribution >= 0.6 is 11.3 Å². The lowest BCUT2D eigenvalue weighted by Gasteiger charge is -2.33. The molecule has 0 spiro atoms. The fourth-order valence-electron chi connectivity index (χ4n) is 3.08. The molecule has 1 aliphatic rings. The zero-order valence-corrected chi connectivity index (χ0v) is 15.5. The van der Waals surface area contributed by atoms with Gasteiger partial charge in [0.05, 0.1) is 17.1 Å². The number of nitrogens with zero attached hydrogens (tertiary/aromatic N) is 3. The third kappa shape index (κ3) is 2.86. The molecule has 0 saturated heterocycles. The van der Waals surface area contributed by atoms with Gasteiger partial charge in [0.25, 0.3) is 5.91 Å². The number of amides is 1. The van der Waals surface area contributed by atoms with Gasteiger partial charge in [-0.25, -0.2) is 4.98 Å². The molecule has 2 aromatic heterocycles. The minimum atomic E-state index is -0.400. The first kappa shape index (κ1) is 16.7. The number of carbonyl (C=O) groups is 1. The van der Waals surface area contributed by atoms with Crippen molar-refractivity contribution in [3.05, 3.63) is 48.0 Å². The van der Waals surface area contributed by atoms with Crippen molar-refractivity contribution >= 4 is 22.9 Å². The molecule has 1 atom stereocenters. The first-order valence-electron chi connectivity index (χ1n) is 8.70. The third-order valence-electron chi connectivity index (χ3n) is 4.43. The molecule has 6 heteroatoms. The number of carbonyl (C=O) groups excluding carboxylic acids is 1. The van der Waals surface area contributed by atoms with Crippen molar-refractivity contribution in [1.29, 1.82) is 0 Å². The molecular weight excluding hydrogens is 346 g/mol. The van der Waals surface area contributed by atoms with Gasteiger partial charge in [-0.2, -0.15) is 0 Å². The van der Waals surface area contributed by atoms with Crippen LogP contribution in [0, 0.1) is 0 Å². The zero-order valence-electron chi connectivity index (χ0n) is 14.7. The van der Waals surface area contributed by atoms with E-state index in [0.29, 0.717) is 13.0 Å². The minimum Gasteiger partial charge on any atom is -0.478 e. The number of aromatic nitrogens is 2. The summed E-state index contributed by atoms with van der Waals surface area (Å²) in [5, 5.41) is 2.89. The molecule has 0 N–H and O–H groups in total. The Hall–Kier alpha value is -2.73. The highest BCUT2D eigenvalue weighted by Crippen LogP contribution is 2.38. The molecule has 1 unspecified atom stereocenters. The van der Waals surface area contributed by atoms with Gasteiger partial charge in [-0.3, -0.25) is 9.78 Å². The summed E-state index contributed by atoms with van der Waals surface area (Å²) in [4.78, 5) is 23.4. The van der Waals surface area contributed by atoms with Crippen molar-refractivity contribution in [2.24, 2.45) is 0 Å². The van der Waals surface area contributed by atoms with E-state index in [9.17, 15) is 4.79 Å². The Morgan fingerprint density at radius 2 is 2.08 bits per heavy atom. The maximum absolute atomic E-state index is 12.6. The topological polar surface area (TPSA) is 55.3 Å². The number of benzene rings is 1. The largest absolute Gasteiger partial charge is 0.478 e. The summed E-state index contributed by atoms with van der Waals surface area (Å²) in [5.74, 6) is 0.773. The van der Waals surface area contributed by atoms with Crippen LogP contribution in [-0.2, 0) is 4.79 Å². The van der Waals surface area contributed by atoms with E-state index in [1.54, 1.807) is 22.4 Å². The van der Waals surface area contributed by atoms with Crippen LogP contribution in [0.3, 0.4) is 0 Å². The molecule has 0 saturated carbocycles. The number of thiazole rings is 1. The van der Waals surface area contributed by atoms with Crippen molar-refractivity contribution < 1.29 is 9.53 Å². The summed E-state index contributed by atoms with van der Waals surface area (Å²) in [5.41, 5.74) is 3.51. The molecule has 0 bridgehead atoms. The lowest BCUT2D eigenvalue weighted by Crippen LogP contribution is -2.45. The zero-order chi connectivity index (χ0) is 18.1. The second kappa shape index (κ2) is 6.88. The predicted molar refractivity (Wildman–Crippen MR) is 104 cm³/mol. The van der Waals surface area contributed by atoms with E-state index >= 15 is 0 Å². The SMILES string of the molecule is CCC1Oc2ccc(-c3csc(-c4ccccn4)n3)cc2N(CC)C1=O. The van der Waals surface area contributed by atoms with Crippen LogP contribution in [0.4, 0.5) is 5.69 Å². The van der Waals surface area contributed by atoms with Crippen LogP contribution in [0.15, 0.2) is 48.0 Å². The maximum atomic E-state index is 12.6. The van der Waals surface area contributed by atoms with Gasteiger partial charge in [0, 0.05) is 23.7 Å². The molecule has 1 aromatic carbocycles. The second-order valence-corrected chi connectivity index (χ2v) is 6.89. The number of hydrogen-bond donors (Lipinski definition) is 0. The smallest absolute Gasteiger partial charge is 0.268 e. The molecule has 26 heavy (non-hydrogen) atoms. The number of fused-ring (bicyclic) bond motifs is 1. The molecule has 3 aromatic rings. The Bertz CT molecular complexity index is 939. The van der Waals surface area contributed by atoms with E-state index in [1.165, 1.54) is 0 Å². The number of likely N-dealkylation sites (N-methyl/N-ethyl adjacent to an activating group) is 1. The van der Waals surface area contributed by atoms with Crippen LogP contribution in [0.1, 0.15) is 20.3 Å². The lowest BCUT2D eigenvalue weighted by atomic mass is 10.1. The summed E-state index contributed by atoms with van der Waals surface area (Å²) in [6.07, 6.45) is 2.03. The number of pyridine rings is 1. The lowest BCUT2D eigenvalue weighted by molar-refractivity contribution is -0.126. The van der Waals surface area contributed by atoms with Crippen LogP contribution in [0.25, 0.3) is 22.0 Å². The third-order valence-corrected chi connectivity index (χ3v) is 5.30. The predicted octanol–water partition coefficient (Wildman–Crippen LogP) is 4.40. The highest BCUT2D eigenvalue weighted by atomic mass is 32.1. The molecule has 0 fully saturated rings. The van der Waals surface area contributed by atoms with Gasteiger partial charge < -0.3 is 9.64 Å². The Morgan fingerprint density at radius 1 is 1.19 bits per heavy atom. The average Bonchev–Trinajstić information content (AvgIpc) is 3.18. The summed E-state index contributed by atoms with van der Waals surface area (Å²) >= 11 is 1.56. The van der Waals surface area contributed by atoms with Crippen LogP contribution in [-0.4, -0.2) is 28.5 Å². The molecule has 132 valence electrons. The fourth-order valence-corrected chi connectivity index (χ4v) is 3.89. The molecule has 1 amide bonds. The van der Waals surface area contributed by atoms with Crippen molar-refractivity contribution in [3.8, 4) is 27.7 Å². The average molecular weight is 365 g/mol. The van der Waals surface area contributed by atoms with E-state index in [-0.39, 0.29) is 5.91 Å². The van der Waals surface area contributed by atoms with E-state index < -0.39 is 6.10 Å². The first-order valence-corrected chi connectivity index (χ1v) is 9.58. The van der Waals surface area contributed by atoms with Gasteiger partial charge in [-0.05, 0) is 43.7 Å². The summed E-state index contributed by atoms with van der Waals surface area (Å²) in [7, 11) is 0. The van der Waals surface area contributed by atoms with Crippen LogP contribution < -0.4 is 9.64 Å². The van der Waals surface area contributed by atoms with Gasteiger partial charge in [-0.1, -0.05) is 13.0 Å².